The summed E-state index contributed by atoms with van der Waals surface area (Å²) < 4.78 is 13.1. The van der Waals surface area contributed by atoms with Gasteiger partial charge in [-0.05, 0) is 41.8 Å². The van der Waals surface area contributed by atoms with Gasteiger partial charge >= 0.3 is 7.60 Å². The molecule has 5 heteroatoms. The summed E-state index contributed by atoms with van der Waals surface area (Å²) in [5, 5.41) is 1.16. The van der Waals surface area contributed by atoms with Crippen LogP contribution in [0.3, 0.4) is 0 Å². The molecule has 0 fully saturated rings. The standard InChI is InChI=1S/C14H12NO3P/c16-19(17,18)13-7-5-12(6-8-13)15-10-9-11-3-1-2-4-14(11)15/h1-10H,(H2,16,17,18). The van der Waals surface area contributed by atoms with E-state index < -0.39 is 7.60 Å². The third-order valence-corrected chi connectivity index (χ3v) is 4.03. The van der Waals surface area contributed by atoms with E-state index in [4.69, 9.17) is 9.79 Å². The fraction of sp³-hybridized carbons (Fsp3) is 0. The zero-order chi connectivity index (χ0) is 13.5. The van der Waals surface area contributed by atoms with E-state index in [1.165, 1.54) is 12.1 Å². The van der Waals surface area contributed by atoms with Gasteiger partial charge in [0.15, 0.2) is 0 Å². The summed E-state index contributed by atoms with van der Waals surface area (Å²) >= 11 is 0. The molecule has 0 aliphatic heterocycles. The fourth-order valence-electron chi connectivity index (χ4n) is 2.12. The Morgan fingerprint density at radius 3 is 2.26 bits per heavy atom. The number of hydrogen-bond acceptors (Lipinski definition) is 1. The van der Waals surface area contributed by atoms with E-state index in [9.17, 15) is 4.57 Å². The van der Waals surface area contributed by atoms with E-state index in [2.05, 4.69) is 0 Å². The molecule has 0 radical (unpaired) electrons. The van der Waals surface area contributed by atoms with Crippen LogP contribution in [0.15, 0.2) is 60.8 Å². The van der Waals surface area contributed by atoms with Gasteiger partial charge in [0.05, 0.1) is 10.8 Å². The molecule has 0 aliphatic carbocycles. The first kappa shape index (κ1) is 12.2. The summed E-state index contributed by atoms with van der Waals surface area (Å²) in [5.74, 6) is 0. The second kappa shape index (κ2) is 4.35. The van der Waals surface area contributed by atoms with Crippen LogP contribution in [0.5, 0.6) is 0 Å². The van der Waals surface area contributed by atoms with Gasteiger partial charge in [-0.25, -0.2) is 0 Å². The van der Waals surface area contributed by atoms with E-state index in [1.54, 1.807) is 12.1 Å². The van der Waals surface area contributed by atoms with Gasteiger partial charge in [0.1, 0.15) is 0 Å². The normalized spacial score (nSPS) is 11.9. The molecule has 3 aromatic rings. The lowest BCUT2D eigenvalue weighted by molar-refractivity contribution is 0.387. The number of benzene rings is 2. The highest BCUT2D eigenvalue weighted by atomic mass is 31.2. The Balaban J connectivity index is 2.10. The molecule has 0 amide bonds. The quantitative estimate of drug-likeness (QED) is 0.705. The third kappa shape index (κ3) is 2.22. The van der Waals surface area contributed by atoms with Crippen LogP contribution in [-0.4, -0.2) is 14.4 Å². The van der Waals surface area contributed by atoms with Crippen molar-refractivity contribution in [2.24, 2.45) is 0 Å². The summed E-state index contributed by atoms with van der Waals surface area (Å²) in [6, 6.07) is 16.3. The predicted octanol–water partition coefficient (Wildman–Crippen LogP) is 2.43. The summed E-state index contributed by atoms with van der Waals surface area (Å²) in [6.45, 7) is 0. The first-order valence-electron chi connectivity index (χ1n) is 5.78. The van der Waals surface area contributed by atoms with Gasteiger partial charge in [-0.15, -0.1) is 0 Å². The molecule has 0 spiro atoms. The smallest absolute Gasteiger partial charge is 0.321 e. The Bertz CT molecular complexity index is 771. The molecule has 1 heterocycles. The maximum absolute atomic E-state index is 11.1. The van der Waals surface area contributed by atoms with Crippen LogP contribution in [0, 0.1) is 0 Å². The van der Waals surface area contributed by atoms with Crippen LogP contribution < -0.4 is 5.30 Å². The number of fused-ring (bicyclic) bond motifs is 1. The Hall–Kier alpha value is -1.87. The summed E-state index contributed by atoms with van der Waals surface area (Å²) in [7, 11) is -4.17. The average Bonchev–Trinajstić information content (AvgIpc) is 2.82. The highest BCUT2D eigenvalue weighted by Crippen LogP contribution is 2.33. The first-order chi connectivity index (χ1) is 9.05. The van der Waals surface area contributed by atoms with E-state index >= 15 is 0 Å². The molecule has 0 atom stereocenters. The Labute approximate surface area is 110 Å². The van der Waals surface area contributed by atoms with Gasteiger partial charge in [-0.2, -0.15) is 0 Å². The molecular weight excluding hydrogens is 261 g/mol. The van der Waals surface area contributed by atoms with Crippen molar-refractivity contribution in [1.82, 2.24) is 4.57 Å². The molecule has 0 saturated heterocycles. The molecule has 96 valence electrons. The molecule has 4 nitrogen and oxygen atoms in total. The number of aromatic nitrogens is 1. The highest BCUT2D eigenvalue weighted by Gasteiger charge is 2.16. The van der Waals surface area contributed by atoms with E-state index in [0.29, 0.717) is 0 Å². The van der Waals surface area contributed by atoms with Crippen molar-refractivity contribution in [3.05, 3.63) is 60.8 Å². The van der Waals surface area contributed by atoms with Gasteiger partial charge in [-0.3, -0.25) is 4.57 Å². The van der Waals surface area contributed by atoms with Gasteiger partial charge < -0.3 is 14.4 Å². The number of para-hydroxylation sites is 1. The van der Waals surface area contributed by atoms with Crippen LogP contribution in [0.25, 0.3) is 16.6 Å². The van der Waals surface area contributed by atoms with E-state index in [-0.39, 0.29) is 5.30 Å². The lowest BCUT2D eigenvalue weighted by Crippen LogP contribution is -2.04. The molecule has 0 unspecified atom stereocenters. The molecule has 0 bridgehead atoms. The van der Waals surface area contributed by atoms with Crippen molar-refractivity contribution >= 4 is 23.8 Å². The number of nitrogens with zero attached hydrogens (tertiary/aromatic N) is 1. The third-order valence-electron chi connectivity index (χ3n) is 3.06. The molecular formula is C14H12NO3P. The second-order valence-electron chi connectivity index (χ2n) is 4.30. The van der Waals surface area contributed by atoms with E-state index in [1.807, 2.05) is 41.1 Å². The minimum absolute atomic E-state index is 0.0349. The number of rotatable bonds is 2. The number of hydrogen-bond donors (Lipinski definition) is 2. The zero-order valence-electron chi connectivity index (χ0n) is 9.97. The lowest BCUT2D eigenvalue weighted by atomic mass is 10.2. The first-order valence-corrected chi connectivity index (χ1v) is 7.39. The Morgan fingerprint density at radius 1 is 0.895 bits per heavy atom. The molecule has 1 aromatic heterocycles. The van der Waals surface area contributed by atoms with Crippen molar-refractivity contribution in [3.8, 4) is 5.69 Å². The monoisotopic (exact) mass is 273 g/mol. The molecule has 2 N–H and O–H groups in total. The van der Waals surface area contributed by atoms with Gasteiger partial charge in [0.25, 0.3) is 0 Å². The molecule has 2 aromatic carbocycles. The van der Waals surface area contributed by atoms with Gasteiger partial charge in [0.2, 0.25) is 0 Å². The van der Waals surface area contributed by atoms with Crippen molar-refractivity contribution in [1.29, 1.82) is 0 Å². The Morgan fingerprint density at radius 2 is 1.58 bits per heavy atom. The largest absolute Gasteiger partial charge is 0.356 e. The summed E-state index contributed by atoms with van der Waals surface area (Å²) in [6.07, 6.45) is 1.94. The molecule has 0 aliphatic rings. The van der Waals surface area contributed by atoms with Crippen molar-refractivity contribution in [2.45, 2.75) is 0 Å². The van der Waals surface area contributed by atoms with Crippen molar-refractivity contribution in [3.63, 3.8) is 0 Å². The summed E-state index contributed by atoms with van der Waals surface area (Å²) in [4.78, 5) is 18.2. The van der Waals surface area contributed by atoms with Gasteiger partial charge in [-0.1, -0.05) is 18.2 Å². The second-order valence-corrected chi connectivity index (χ2v) is 5.91. The maximum atomic E-state index is 11.1. The van der Waals surface area contributed by atoms with Gasteiger partial charge in [0, 0.05) is 11.9 Å². The van der Waals surface area contributed by atoms with Crippen LogP contribution in [0.1, 0.15) is 0 Å². The average molecular weight is 273 g/mol. The molecule has 3 rings (SSSR count). The van der Waals surface area contributed by atoms with Crippen LogP contribution in [0.2, 0.25) is 0 Å². The minimum Gasteiger partial charge on any atom is -0.321 e. The SMILES string of the molecule is O=P(O)(O)c1ccc(-n2ccc3ccccc32)cc1. The van der Waals surface area contributed by atoms with E-state index in [0.717, 1.165) is 16.6 Å². The predicted molar refractivity (Wildman–Crippen MR) is 75.0 cm³/mol. The minimum atomic E-state index is -4.17. The van der Waals surface area contributed by atoms with Crippen LogP contribution in [-0.2, 0) is 4.57 Å². The van der Waals surface area contributed by atoms with Crippen LogP contribution in [0.4, 0.5) is 0 Å². The maximum Gasteiger partial charge on any atom is 0.356 e. The highest BCUT2D eigenvalue weighted by molar-refractivity contribution is 7.60. The Kier molecular flexibility index (Phi) is 2.79. The summed E-state index contributed by atoms with van der Waals surface area (Å²) in [5.41, 5.74) is 1.94. The van der Waals surface area contributed by atoms with Crippen molar-refractivity contribution < 1.29 is 14.4 Å². The topological polar surface area (TPSA) is 62.5 Å². The lowest BCUT2D eigenvalue weighted by Gasteiger charge is -2.08. The fourth-order valence-corrected chi connectivity index (χ4v) is 2.65. The van der Waals surface area contributed by atoms with Crippen LogP contribution >= 0.6 is 7.60 Å². The molecule has 0 saturated carbocycles. The zero-order valence-corrected chi connectivity index (χ0v) is 10.9. The molecule has 19 heavy (non-hydrogen) atoms. The van der Waals surface area contributed by atoms with Crippen molar-refractivity contribution in [2.75, 3.05) is 0 Å².